The lowest BCUT2D eigenvalue weighted by atomic mass is 9.98. The summed E-state index contributed by atoms with van der Waals surface area (Å²) in [4.78, 5) is 27.1. The molecular formula is C33H23Cl4N5O2S2. The number of nitrogens with zero attached hydrogens (tertiary/aromatic N) is 3. The number of anilines is 2. The average Bonchev–Trinajstić information content (AvgIpc) is 3.57. The number of benzene rings is 4. The highest BCUT2D eigenvalue weighted by Crippen LogP contribution is 2.38. The summed E-state index contributed by atoms with van der Waals surface area (Å²) >= 11 is 31.5. The van der Waals surface area contributed by atoms with E-state index in [1.54, 1.807) is 35.5 Å². The van der Waals surface area contributed by atoms with E-state index in [9.17, 15) is 9.59 Å². The van der Waals surface area contributed by atoms with Crippen LogP contribution in [-0.2, 0) is 16.0 Å². The Morgan fingerprint density at radius 2 is 1.57 bits per heavy atom. The van der Waals surface area contributed by atoms with Crippen LogP contribution in [0.4, 0.5) is 11.4 Å². The minimum atomic E-state index is -0.456. The number of para-hydroxylation sites is 2. The van der Waals surface area contributed by atoms with E-state index >= 15 is 0 Å². The van der Waals surface area contributed by atoms with Crippen LogP contribution >= 0.6 is 70.4 Å². The Morgan fingerprint density at radius 1 is 0.913 bits per heavy atom. The van der Waals surface area contributed by atoms with Crippen LogP contribution in [0.25, 0.3) is 0 Å². The fourth-order valence-electron chi connectivity index (χ4n) is 4.98. The molecule has 0 bridgehead atoms. The maximum atomic E-state index is 13.5. The molecule has 0 radical (unpaired) electrons. The molecule has 2 heterocycles. The summed E-state index contributed by atoms with van der Waals surface area (Å²) in [6.07, 6.45) is 2.21. The first kappa shape index (κ1) is 32.4. The van der Waals surface area contributed by atoms with E-state index in [1.165, 1.54) is 0 Å². The SMILES string of the molecule is O=C(Cc1ccccc1Nc1c(Cl)cccc1Cl)NN1C(=O)/C(=C/N2N=C(c3ccc(Cl)cc3)CC2c2ccc(Cl)cc2)SC1=S. The van der Waals surface area contributed by atoms with Gasteiger partial charge in [-0.25, -0.2) is 0 Å². The van der Waals surface area contributed by atoms with Crippen molar-refractivity contribution in [3.8, 4) is 0 Å². The normalized spacial score (nSPS) is 17.1. The van der Waals surface area contributed by atoms with E-state index in [2.05, 4.69) is 10.7 Å². The third kappa shape index (κ3) is 7.20. The van der Waals surface area contributed by atoms with Crippen molar-refractivity contribution in [2.24, 2.45) is 5.10 Å². The van der Waals surface area contributed by atoms with Crippen LogP contribution in [0.15, 0.2) is 107 Å². The van der Waals surface area contributed by atoms with Gasteiger partial charge in [0.2, 0.25) is 5.91 Å². The predicted octanol–water partition coefficient (Wildman–Crippen LogP) is 9.17. The first-order valence-electron chi connectivity index (χ1n) is 13.9. The number of hydrogen-bond acceptors (Lipinski definition) is 7. The number of amides is 2. The number of hydrazone groups is 1. The Labute approximate surface area is 295 Å². The molecule has 0 aromatic heterocycles. The molecule has 0 saturated carbocycles. The number of rotatable bonds is 8. The number of carbonyl (C=O) groups excluding carboxylic acids is 2. The quantitative estimate of drug-likeness (QED) is 0.139. The lowest BCUT2D eigenvalue weighted by Gasteiger charge is -2.21. The molecule has 1 saturated heterocycles. The van der Waals surface area contributed by atoms with Crippen LogP contribution < -0.4 is 10.7 Å². The summed E-state index contributed by atoms with van der Waals surface area (Å²) < 4.78 is 0.197. The second-order valence-corrected chi connectivity index (χ2v) is 13.7. The van der Waals surface area contributed by atoms with Crippen LogP contribution in [0.5, 0.6) is 0 Å². The smallest absolute Gasteiger partial charge is 0.286 e. The molecule has 0 spiro atoms. The number of thiocarbonyl (C=S) groups is 1. The summed E-state index contributed by atoms with van der Waals surface area (Å²) in [6, 6.07) is 27.2. The highest BCUT2D eigenvalue weighted by Gasteiger charge is 2.36. The van der Waals surface area contributed by atoms with Gasteiger partial charge in [0.15, 0.2) is 4.32 Å². The second kappa shape index (κ2) is 14.0. The van der Waals surface area contributed by atoms with E-state index in [0.29, 0.717) is 48.4 Å². The summed E-state index contributed by atoms with van der Waals surface area (Å²) in [5.41, 5.74) is 7.24. The zero-order valence-corrected chi connectivity index (χ0v) is 28.4. The summed E-state index contributed by atoms with van der Waals surface area (Å²) in [5.74, 6) is -0.886. The molecule has 6 rings (SSSR count). The zero-order chi connectivity index (χ0) is 32.4. The number of hydrazine groups is 1. The van der Waals surface area contributed by atoms with Crippen LogP contribution in [0.3, 0.4) is 0 Å². The van der Waals surface area contributed by atoms with Crippen molar-refractivity contribution in [3.05, 3.63) is 139 Å². The van der Waals surface area contributed by atoms with Crippen molar-refractivity contribution in [2.75, 3.05) is 5.32 Å². The van der Waals surface area contributed by atoms with Crippen LogP contribution in [0.2, 0.25) is 20.1 Å². The van der Waals surface area contributed by atoms with Gasteiger partial charge in [-0.3, -0.25) is 20.0 Å². The molecule has 4 aromatic carbocycles. The van der Waals surface area contributed by atoms with Gasteiger partial charge < -0.3 is 5.32 Å². The van der Waals surface area contributed by atoms with Gasteiger partial charge in [0, 0.05) is 28.4 Å². The third-order valence-corrected chi connectivity index (χ3v) is 9.67. The van der Waals surface area contributed by atoms with Crippen LogP contribution in [0.1, 0.15) is 29.2 Å². The molecule has 46 heavy (non-hydrogen) atoms. The van der Waals surface area contributed by atoms with Gasteiger partial charge in [0.05, 0.1) is 38.8 Å². The van der Waals surface area contributed by atoms with Gasteiger partial charge in [0.1, 0.15) is 0 Å². The van der Waals surface area contributed by atoms with Crippen molar-refractivity contribution < 1.29 is 9.59 Å². The van der Waals surface area contributed by atoms with Gasteiger partial charge >= 0.3 is 0 Å². The number of halogens is 4. The van der Waals surface area contributed by atoms with Crippen LogP contribution in [-0.4, -0.2) is 31.9 Å². The number of hydrogen-bond donors (Lipinski definition) is 2. The zero-order valence-electron chi connectivity index (χ0n) is 23.7. The molecule has 0 aliphatic carbocycles. The summed E-state index contributed by atoms with van der Waals surface area (Å²) in [5, 5.41) is 13.0. The molecular weight excluding hydrogens is 704 g/mol. The molecule has 2 aliphatic heterocycles. The van der Waals surface area contributed by atoms with Crippen molar-refractivity contribution in [1.82, 2.24) is 15.4 Å². The molecule has 2 aliphatic rings. The molecule has 7 nitrogen and oxygen atoms in total. The lowest BCUT2D eigenvalue weighted by Crippen LogP contribution is -2.45. The van der Waals surface area contributed by atoms with E-state index in [-0.39, 0.29) is 16.8 Å². The van der Waals surface area contributed by atoms with Gasteiger partial charge in [-0.05, 0) is 71.4 Å². The second-order valence-electron chi connectivity index (χ2n) is 10.3. The van der Waals surface area contributed by atoms with Gasteiger partial charge in [-0.1, -0.05) is 107 Å². The van der Waals surface area contributed by atoms with Crippen molar-refractivity contribution in [1.29, 1.82) is 0 Å². The predicted molar refractivity (Wildman–Crippen MR) is 192 cm³/mol. The van der Waals surface area contributed by atoms with Gasteiger partial charge in [0.25, 0.3) is 5.91 Å². The third-order valence-electron chi connectivity index (χ3n) is 7.24. The molecule has 1 unspecified atom stereocenters. The fraction of sp³-hybridized carbons (Fsp3) is 0.0909. The Hall–Kier alpha value is -3.57. The highest BCUT2D eigenvalue weighted by molar-refractivity contribution is 8.26. The monoisotopic (exact) mass is 725 g/mol. The first-order valence-corrected chi connectivity index (χ1v) is 16.6. The molecule has 2 N–H and O–H groups in total. The maximum absolute atomic E-state index is 13.5. The Bertz CT molecular complexity index is 1880. The number of carbonyl (C=O) groups is 2. The largest absolute Gasteiger partial charge is 0.353 e. The molecule has 4 aromatic rings. The number of nitrogens with one attached hydrogen (secondary N) is 2. The standard InChI is InChI=1S/C33H23Cl4N5O2S2/c34-22-12-8-19(9-13-22)27-17-28(20-10-14-23(35)15-11-20)41(39-27)18-29-32(44)42(33(45)46-29)40-30(43)16-21-4-1-2-7-26(21)38-31-24(36)5-3-6-25(31)37/h1-15,18,28,38H,16-17H2,(H,40,43)/b29-18-. The van der Waals surface area contributed by atoms with Crippen LogP contribution in [0, 0.1) is 0 Å². The molecule has 1 atom stereocenters. The minimum Gasteiger partial charge on any atom is -0.353 e. The minimum absolute atomic E-state index is 0.0408. The summed E-state index contributed by atoms with van der Waals surface area (Å²) in [7, 11) is 0. The van der Waals surface area contributed by atoms with Crippen molar-refractivity contribution >= 4 is 104 Å². The highest BCUT2D eigenvalue weighted by atomic mass is 35.5. The molecule has 13 heteroatoms. The van der Waals surface area contributed by atoms with Crippen molar-refractivity contribution in [3.63, 3.8) is 0 Å². The Morgan fingerprint density at radius 3 is 2.26 bits per heavy atom. The van der Waals surface area contributed by atoms with Gasteiger partial charge in [-0.2, -0.15) is 10.1 Å². The van der Waals surface area contributed by atoms with Crippen molar-refractivity contribution in [2.45, 2.75) is 18.9 Å². The molecule has 1 fully saturated rings. The van der Waals surface area contributed by atoms with E-state index in [0.717, 1.165) is 33.6 Å². The summed E-state index contributed by atoms with van der Waals surface area (Å²) in [6.45, 7) is 0. The van der Waals surface area contributed by atoms with E-state index < -0.39 is 11.8 Å². The van der Waals surface area contributed by atoms with Gasteiger partial charge in [-0.15, -0.1) is 0 Å². The molecule has 2 amide bonds. The fourth-order valence-corrected chi connectivity index (χ4v) is 6.87. The topological polar surface area (TPSA) is 77.0 Å². The Kier molecular flexibility index (Phi) is 9.89. The number of thioether (sulfide) groups is 1. The average molecular weight is 728 g/mol. The lowest BCUT2D eigenvalue weighted by molar-refractivity contribution is -0.132. The Balaban J connectivity index is 1.20. The van der Waals surface area contributed by atoms with E-state index in [1.807, 2.05) is 66.7 Å². The first-order chi connectivity index (χ1) is 22.2. The molecule has 232 valence electrons. The maximum Gasteiger partial charge on any atom is 0.286 e. The van der Waals surface area contributed by atoms with E-state index in [4.69, 9.17) is 63.7 Å².